The average molecular weight is 275 g/mol. The first-order valence-corrected chi connectivity index (χ1v) is 7.44. The number of fused-ring (bicyclic) bond motifs is 1. The number of hydrogen-bond donors (Lipinski definition) is 1. The predicted molar refractivity (Wildman–Crippen MR) is 90.5 cm³/mol. The van der Waals surface area contributed by atoms with E-state index in [0.29, 0.717) is 0 Å². The van der Waals surface area contributed by atoms with E-state index < -0.39 is 0 Å². The van der Waals surface area contributed by atoms with Gasteiger partial charge in [0.2, 0.25) is 0 Å². The maximum absolute atomic E-state index is 6.49. The molecule has 0 aliphatic rings. The van der Waals surface area contributed by atoms with Crippen molar-refractivity contribution in [2.24, 2.45) is 5.73 Å². The average Bonchev–Trinajstić information content (AvgIpc) is 2.50. The van der Waals surface area contributed by atoms with Crippen molar-refractivity contribution in [3.8, 4) is 0 Å². The van der Waals surface area contributed by atoms with Gasteiger partial charge in [0.1, 0.15) is 0 Å². The molecule has 0 aliphatic carbocycles. The van der Waals surface area contributed by atoms with Crippen molar-refractivity contribution in [2.45, 2.75) is 26.3 Å². The Labute approximate surface area is 126 Å². The predicted octanol–water partition coefficient (Wildman–Crippen LogP) is 4.70. The van der Waals surface area contributed by atoms with Crippen molar-refractivity contribution in [1.29, 1.82) is 0 Å². The molecular weight excluding hydrogens is 254 g/mol. The van der Waals surface area contributed by atoms with Crippen LogP contribution in [-0.2, 0) is 6.42 Å². The SMILES string of the molecule is Cc1ccc(C)c(C(N)Cc2cccc3ccccc23)c1. The molecule has 106 valence electrons. The number of aryl methyl sites for hydroxylation is 2. The summed E-state index contributed by atoms with van der Waals surface area (Å²) < 4.78 is 0. The van der Waals surface area contributed by atoms with Crippen molar-refractivity contribution in [3.05, 3.63) is 82.9 Å². The third kappa shape index (κ3) is 2.84. The summed E-state index contributed by atoms with van der Waals surface area (Å²) in [6.07, 6.45) is 0.867. The molecule has 0 fully saturated rings. The first-order chi connectivity index (χ1) is 10.1. The lowest BCUT2D eigenvalue weighted by atomic mass is 9.92. The van der Waals surface area contributed by atoms with Crippen LogP contribution in [0.1, 0.15) is 28.3 Å². The molecule has 0 aromatic heterocycles. The summed E-state index contributed by atoms with van der Waals surface area (Å²) in [5.74, 6) is 0. The molecule has 0 saturated carbocycles. The second kappa shape index (κ2) is 5.71. The van der Waals surface area contributed by atoms with Crippen LogP contribution in [0.4, 0.5) is 0 Å². The lowest BCUT2D eigenvalue weighted by Gasteiger charge is -2.17. The molecule has 1 unspecified atom stereocenters. The van der Waals surface area contributed by atoms with Gasteiger partial charge in [0.15, 0.2) is 0 Å². The van der Waals surface area contributed by atoms with Gasteiger partial charge in [0.05, 0.1) is 0 Å². The third-order valence-corrected chi connectivity index (χ3v) is 4.15. The Morgan fingerprint density at radius 3 is 2.52 bits per heavy atom. The standard InChI is InChI=1S/C20H21N/c1-14-10-11-15(2)19(12-14)20(21)13-17-8-5-7-16-6-3-4-9-18(16)17/h3-12,20H,13,21H2,1-2H3. The second-order valence-electron chi connectivity index (χ2n) is 5.81. The van der Waals surface area contributed by atoms with Crippen molar-refractivity contribution >= 4 is 10.8 Å². The first kappa shape index (κ1) is 13.8. The fourth-order valence-electron chi connectivity index (χ4n) is 2.98. The van der Waals surface area contributed by atoms with Gasteiger partial charge in [-0.05, 0) is 47.7 Å². The summed E-state index contributed by atoms with van der Waals surface area (Å²) in [6, 6.07) is 21.5. The monoisotopic (exact) mass is 275 g/mol. The quantitative estimate of drug-likeness (QED) is 0.736. The Morgan fingerprint density at radius 2 is 1.67 bits per heavy atom. The van der Waals surface area contributed by atoms with Crippen LogP contribution in [0.15, 0.2) is 60.7 Å². The van der Waals surface area contributed by atoms with E-state index in [2.05, 4.69) is 74.5 Å². The molecule has 3 aromatic rings. The Kier molecular flexibility index (Phi) is 3.76. The van der Waals surface area contributed by atoms with E-state index in [9.17, 15) is 0 Å². The van der Waals surface area contributed by atoms with Gasteiger partial charge in [-0.15, -0.1) is 0 Å². The summed E-state index contributed by atoms with van der Waals surface area (Å²) in [6.45, 7) is 4.26. The normalized spacial score (nSPS) is 12.5. The van der Waals surface area contributed by atoms with Gasteiger partial charge in [0.25, 0.3) is 0 Å². The Bertz CT molecular complexity index is 768. The zero-order valence-electron chi connectivity index (χ0n) is 12.6. The molecule has 0 amide bonds. The van der Waals surface area contributed by atoms with Gasteiger partial charge >= 0.3 is 0 Å². The molecule has 0 bridgehead atoms. The lowest BCUT2D eigenvalue weighted by molar-refractivity contribution is 0.719. The summed E-state index contributed by atoms with van der Waals surface area (Å²) in [7, 11) is 0. The van der Waals surface area contributed by atoms with E-state index in [1.54, 1.807) is 0 Å². The number of benzene rings is 3. The molecule has 0 heterocycles. The maximum Gasteiger partial charge on any atom is 0.0338 e. The van der Waals surface area contributed by atoms with Gasteiger partial charge in [-0.1, -0.05) is 66.2 Å². The van der Waals surface area contributed by atoms with Gasteiger partial charge in [-0.2, -0.15) is 0 Å². The molecule has 0 saturated heterocycles. The second-order valence-corrected chi connectivity index (χ2v) is 5.81. The minimum absolute atomic E-state index is 0.0377. The zero-order valence-corrected chi connectivity index (χ0v) is 12.6. The topological polar surface area (TPSA) is 26.0 Å². The van der Waals surface area contributed by atoms with E-state index in [-0.39, 0.29) is 6.04 Å². The van der Waals surface area contributed by atoms with Crippen LogP contribution in [-0.4, -0.2) is 0 Å². The molecule has 0 aliphatic heterocycles. The van der Waals surface area contributed by atoms with Crippen molar-refractivity contribution in [1.82, 2.24) is 0 Å². The van der Waals surface area contributed by atoms with Crippen LogP contribution in [0.2, 0.25) is 0 Å². The van der Waals surface area contributed by atoms with Crippen LogP contribution in [0.3, 0.4) is 0 Å². The van der Waals surface area contributed by atoms with Gasteiger partial charge in [0, 0.05) is 6.04 Å². The number of hydrogen-bond acceptors (Lipinski definition) is 1. The van der Waals surface area contributed by atoms with E-state index in [0.717, 1.165) is 6.42 Å². The molecule has 2 N–H and O–H groups in total. The number of rotatable bonds is 3. The largest absolute Gasteiger partial charge is 0.324 e. The minimum atomic E-state index is 0.0377. The molecule has 3 aromatic carbocycles. The molecule has 1 heteroatoms. The van der Waals surface area contributed by atoms with Crippen LogP contribution in [0.5, 0.6) is 0 Å². The van der Waals surface area contributed by atoms with E-state index in [4.69, 9.17) is 5.73 Å². The summed E-state index contributed by atoms with van der Waals surface area (Å²) in [5, 5.41) is 2.59. The third-order valence-electron chi connectivity index (χ3n) is 4.15. The molecule has 0 spiro atoms. The van der Waals surface area contributed by atoms with Gasteiger partial charge in [-0.25, -0.2) is 0 Å². The fraction of sp³-hybridized carbons (Fsp3) is 0.200. The highest BCUT2D eigenvalue weighted by molar-refractivity contribution is 5.85. The van der Waals surface area contributed by atoms with E-state index in [1.165, 1.54) is 33.0 Å². The van der Waals surface area contributed by atoms with Gasteiger partial charge < -0.3 is 5.73 Å². The van der Waals surface area contributed by atoms with Crippen LogP contribution in [0.25, 0.3) is 10.8 Å². The van der Waals surface area contributed by atoms with Crippen molar-refractivity contribution in [3.63, 3.8) is 0 Å². The minimum Gasteiger partial charge on any atom is -0.324 e. The molecule has 1 atom stereocenters. The summed E-state index contributed by atoms with van der Waals surface area (Å²) in [5.41, 5.74) is 11.6. The smallest absolute Gasteiger partial charge is 0.0338 e. The molecule has 3 rings (SSSR count). The molecule has 21 heavy (non-hydrogen) atoms. The van der Waals surface area contributed by atoms with Crippen LogP contribution >= 0.6 is 0 Å². The summed E-state index contributed by atoms with van der Waals surface area (Å²) in [4.78, 5) is 0. The zero-order chi connectivity index (χ0) is 14.8. The molecule has 0 radical (unpaired) electrons. The van der Waals surface area contributed by atoms with Gasteiger partial charge in [-0.3, -0.25) is 0 Å². The highest BCUT2D eigenvalue weighted by atomic mass is 14.6. The molecular formula is C20H21N. The Morgan fingerprint density at radius 1 is 0.905 bits per heavy atom. The fourth-order valence-corrected chi connectivity index (χ4v) is 2.98. The van der Waals surface area contributed by atoms with E-state index in [1.807, 2.05) is 0 Å². The maximum atomic E-state index is 6.49. The Balaban J connectivity index is 1.96. The number of nitrogens with two attached hydrogens (primary N) is 1. The first-order valence-electron chi connectivity index (χ1n) is 7.44. The lowest BCUT2D eigenvalue weighted by Crippen LogP contribution is -2.15. The Hall–Kier alpha value is -2.12. The van der Waals surface area contributed by atoms with Crippen LogP contribution in [0, 0.1) is 13.8 Å². The highest BCUT2D eigenvalue weighted by Crippen LogP contribution is 2.25. The van der Waals surface area contributed by atoms with Crippen molar-refractivity contribution in [2.75, 3.05) is 0 Å². The van der Waals surface area contributed by atoms with Crippen LogP contribution < -0.4 is 5.73 Å². The summed E-state index contributed by atoms with van der Waals surface area (Å²) >= 11 is 0. The van der Waals surface area contributed by atoms with E-state index >= 15 is 0 Å². The molecule has 1 nitrogen and oxygen atoms in total. The highest BCUT2D eigenvalue weighted by Gasteiger charge is 2.11. The van der Waals surface area contributed by atoms with Crippen molar-refractivity contribution < 1.29 is 0 Å².